The monoisotopic (exact) mass is 255 g/mol. The van der Waals surface area contributed by atoms with Crippen LogP contribution in [-0.2, 0) is 6.54 Å². The third-order valence-electron chi connectivity index (χ3n) is 3.78. The molecule has 1 aliphatic rings. The predicted octanol–water partition coefficient (Wildman–Crippen LogP) is 3.38. The van der Waals surface area contributed by atoms with Crippen LogP contribution in [0, 0.1) is 0 Å². The van der Waals surface area contributed by atoms with Gasteiger partial charge in [0.05, 0.1) is 11.7 Å². The van der Waals surface area contributed by atoms with Gasteiger partial charge in [0.15, 0.2) is 0 Å². The lowest BCUT2D eigenvalue weighted by Crippen LogP contribution is -2.33. The van der Waals surface area contributed by atoms with Crippen LogP contribution in [0.1, 0.15) is 38.1 Å². The topological polar surface area (TPSA) is 29.9 Å². The number of nitrogens with one attached hydrogen (secondary N) is 1. The Bertz CT molecular complexity index is 530. The van der Waals surface area contributed by atoms with Crippen molar-refractivity contribution in [3.8, 4) is 11.3 Å². The average molecular weight is 255 g/mol. The second-order valence-corrected chi connectivity index (χ2v) is 5.19. The molecule has 0 radical (unpaired) electrons. The third-order valence-corrected chi connectivity index (χ3v) is 3.78. The van der Waals surface area contributed by atoms with Crippen LogP contribution in [0.4, 0.5) is 0 Å². The van der Waals surface area contributed by atoms with Gasteiger partial charge in [0, 0.05) is 24.8 Å². The molecular formula is C16H21N3. The van der Waals surface area contributed by atoms with Crippen LogP contribution in [0.15, 0.2) is 36.5 Å². The number of hydrogen-bond donors (Lipinski definition) is 1. The molecule has 0 aliphatic carbocycles. The number of benzene rings is 1. The summed E-state index contributed by atoms with van der Waals surface area (Å²) >= 11 is 0. The number of aromatic nitrogens is 2. The molecule has 0 amide bonds. The minimum atomic E-state index is 0.422. The largest absolute Gasteiger partial charge is 0.332 e. The molecule has 1 unspecified atom stereocenters. The summed E-state index contributed by atoms with van der Waals surface area (Å²) < 4.78 is 2.32. The number of fused-ring (bicyclic) bond motifs is 1. The quantitative estimate of drug-likeness (QED) is 0.907. The highest BCUT2D eigenvalue weighted by molar-refractivity contribution is 5.58. The smallest absolute Gasteiger partial charge is 0.126 e. The molecule has 1 aromatic carbocycles. The molecule has 19 heavy (non-hydrogen) atoms. The van der Waals surface area contributed by atoms with E-state index in [1.165, 1.54) is 30.7 Å². The van der Waals surface area contributed by atoms with E-state index < -0.39 is 0 Å². The lowest BCUT2D eigenvalue weighted by Gasteiger charge is -2.24. The summed E-state index contributed by atoms with van der Waals surface area (Å²) in [5.74, 6) is 1.21. The number of rotatable bonds is 4. The number of hydrogen-bond acceptors (Lipinski definition) is 2. The molecular weight excluding hydrogens is 234 g/mol. The van der Waals surface area contributed by atoms with Gasteiger partial charge in [-0.1, -0.05) is 50.1 Å². The molecule has 1 aliphatic heterocycles. The zero-order valence-electron chi connectivity index (χ0n) is 11.5. The number of imidazole rings is 1. The van der Waals surface area contributed by atoms with Crippen molar-refractivity contribution in [3.63, 3.8) is 0 Å². The SMILES string of the molecule is CCCCC1NCCn2cc(-c3ccccc3)nc21. The summed E-state index contributed by atoms with van der Waals surface area (Å²) in [5, 5.41) is 3.59. The van der Waals surface area contributed by atoms with E-state index in [0.29, 0.717) is 6.04 Å². The van der Waals surface area contributed by atoms with Gasteiger partial charge in [0.1, 0.15) is 5.82 Å². The molecule has 3 heteroatoms. The summed E-state index contributed by atoms with van der Waals surface area (Å²) in [6.45, 7) is 4.31. The number of unbranched alkanes of at least 4 members (excludes halogenated alkanes) is 1. The first-order valence-electron chi connectivity index (χ1n) is 7.24. The maximum atomic E-state index is 4.86. The van der Waals surface area contributed by atoms with Crippen molar-refractivity contribution in [2.75, 3.05) is 6.54 Å². The summed E-state index contributed by atoms with van der Waals surface area (Å²) in [5.41, 5.74) is 2.31. The van der Waals surface area contributed by atoms with E-state index in [1.54, 1.807) is 0 Å². The molecule has 0 spiro atoms. The van der Waals surface area contributed by atoms with Gasteiger partial charge in [-0.2, -0.15) is 0 Å². The summed E-state index contributed by atoms with van der Waals surface area (Å²) in [6.07, 6.45) is 5.88. The van der Waals surface area contributed by atoms with Crippen molar-refractivity contribution >= 4 is 0 Å². The van der Waals surface area contributed by atoms with E-state index in [4.69, 9.17) is 4.98 Å². The fourth-order valence-electron chi connectivity index (χ4n) is 2.73. The third kappa shape index (κ3) is 2.56. The van der Waals surface area contributed by atoms with Crippen LogP contribution < -0.4 is 5.32 Å². The minimum absolute atomic E-state index is 0.422. The second-order valence-electron chi connectivity index (χ2n) is 5.19. The van der Waals surface area contributed by atoms with Gasteiger partial charge in [-0.15, -0.1) is 0 Å². The van der Waals surface area contributed by atoms with E-state index in [2.05, 4.69) is 47.3 Å². The molecule has 2 heterocycles. The van der Waals surface area contributed by atoms with Crippen molar-refractivity contribution in [2.45, 2.75) is 38.8 Å². The van der Waals surface area contributed by atoms with Crippen molar-refractivity contribution in [3.05, 3.63) is 42.4 Å². The molecule has 1 aromatic heterocycles. The van der Waals surface area contributed by atoms with Gasteiger partial charge in [-0.25, -0.2) is 4.98 Å². The summed E-state index contributed by atoms with van der Waals surface area (Å²) in [4.78, 5) is 4.86. The van der Waals surface area contributed by atoms with E-state index in [0.717, 1.165) is 18.8 Å². The van der Waals surface area contributed by atoms with Crippen molar-refractivity contribution in [1.29, 1.82) is 0 Å². The highest BCUT2D eigenvalue weighted by Gasteiger charge is 2.22. The van der Waals surface area contributed by atoms with E-state index >= 15 is 0 Å². The Morgan fingerprint density at radius 3 is 2.95 bits per heavy atom. The first-order valence-corrected chi connectivity index (χ1v) is 7.24. The molecule has 1 atom stereocenters. The van der Waals surface area contributed by atoms with Gasteiger partial charge in [0.25, 0.3) is 0 Å². The van der Waals surface area contributed by atoms with Crippen molar-refractivity contribution in [2.24, 2.45) is 0 Å². The van der Waals surface area contributed by atoms with Gasteiger partial charge in [-0.3, -0.25) is 0 Å². The summed E-state index contributed by atoms with van der Waals surface area (Å²) in [6, 6.07) is 10.9. The molecule has 0 saturated carbocycles. The lowest BCUT2D eigenvalue weighted by atomic mass is 10.1. The molecule has 2 aromatic rings. The van der Waals surface area contributed by atoms with Crippen LogP contribution in [0.2, 0.25) is 0 Å². The molecule has 3 rings (SSSR count). The standard InChI is InChI=1S/C16H21N3/c1-2-3-9-14-16-18-15(12-19(16)11-10-17-14)13-7-5-4-6-8-13/h4-8,12,14,17H,2-3,9-11H2,1H3. The van der Waals surface area contributed by atoms with Crippen LogP contribution in [0.3, 0.4) is 0 Å². The fraction of sp³-hybridized carbons (Fsp3) is 0.438. The normalized spacial score (nSPS) is 18.3. The molecule has 100 valence electrons. The van der Waals surface area contributed by atoms with Crippen molar-refractivity contribution < 1.29 is 0 Å². The Balaban J connectivity index is 1.89. The van der Waals surface area contributed by atoms with Crippen LogP contribution in [0.25, 0.3) is 11.3 Å². The highest BCUT2D eigenvalue weighted by Crippen LogP contribution is 2.26. The lowest BCUT2D eigenvalue weighted by molar-refractivity contribution is 0.387. The highest BCUT2D eigenvalue weighted by atomic mass is 15.2. The van der Waals surface area contributed by atoms with Gasteiger partial charge < -0.3 is 9.88 Å². The fourth-order valence-corrected chi connectivity index (χ4v) is 2.73. The summed E-state index contributed by atoms with van der Waals surface area (Å²) in [7, 11) is 0. The Morgan fingerprint density at radius 1 is 1.32 bits per heavy atom. The van der Waals surface area contributed by atoms with Crippen LogP contribution >= 0.6 is 0 Å². The van der Waals surface area contributed by atoms with Crippen LogP contribution in [-0.4, -0.2) is 16.1 Å². The van der Waals surface area contributed by atoms with Gasteiger partial charge in [-0.05, 0) is 6.42 Å². The molecule has 3 nitrogen and oxygen atoms in total. The maximum absolute atomic E-state index is 4.86. The minimum Gasteiger partial charge on any atom is -0.332 e. The van der Waals surface area contributed by atoms with E-state index in [-0.39, 0.29) is 0 Å². The molecule has 0 fully saturated rings. The van der Waals surface area contributed by atoms with Gasteiger partial charge >= 0.3 is 0 Å². The van der Waals surface area contributed by atoms with Crippen molar-refractivity contribution in [1.82, 2.24) is 14.9 Å². The first-order chi connectivity index (χ1) is 9.38. The zero-order valence-corrected chi connectivity index (χ0v) is 11.5. The van der Waals surface area contributed by atoms with E-state index in [9.17, 15) is 0 Å². The molecule has 0 bridgehead atoms. The predicted molar refractivity (Wildman–Crippen MR) is 77.9 cm³/mol. The average Bonchev–Trinajstić information content (AvgIpc) is 2.90. The van der Waals surface area contributed by atoms with Crippen LogP contribution in [0.5, 0.6) is 0 Å². The Kier molecular flexibility index (Phi) is 3.65. The zero-order chi connectivity index (χ0) is 13.1. The Labute approximate surface area is 114 Å². The first kappa shape index (κ1) is 12.4. The van der Waals surface area contributed by atoms with Gasteiger partial charge in [0.2, 0.25) is 0 Å². The Morgan fingerprint density at radius 2 is 2.16 bits per heavy atom. The maximum Gasteiger partial charge on any atom is 0.126 e. The molecule has 0 saturated heterocycles. The second kappa shape index (κ2) is 5.57. The number of nitrogens with zero attached hydrogens (tertiary/aromatic N) is 2. The van der Waals surface area contributed by atoms with E-state index in [1.807, 2.05) is 6.07 Å². The molecule has 1 N–H and O–H groups in total. The Hall–Kier alpha value is -1.61.